The first-order chi connectivity index (χ1) is 17.5. The van der Waals surface area contributed by atoms with Gasteiger partial charge in [-0.05, 0) is 38.3 Å². The van der Waals surface area contributed by atoms with Crippen LogP contribution in [0.4, 0.5) is 0 Å². The van der Waals surface area contributed by atoms with Gasteiger partial charge in [-0.15, -0.1) is 0 Å². The number of allylic oxidation sites excluding steroid dienone is 2. The predicted octanol–water partition coefficient (Wildman–Crippen LogP) is 10.2. The standard InChI is InChI=1S/C33H59NO2/c1-5-7-9-11-13-15-17-19-21-23-27-31(35)33(4)30(3)26-25-29-34(33)32(36)28-24-22-20-18-16-14-12-10-8-6-2/h25-26,29H,5-24,27-28H2,1-4H3. The molecule has 1 amide bonds. The average molecular weight is 502 g/mol. The Morgan fingerprint density at radius 1 is 0.639 bits per heavy atom. The third-order valence-electron chi connectivity index (χ3n) is 8.14. The van der Waals surface area contributed by atoms with Crippen molar-refractivity contribution in [1.82, 2.24) is 4.90 Å². The minimum absolute atomic E-state index is 0.0946. The van der Waals surface area contributed by atoms with Crippen molar-refractivity contribution in [2.75, 3.05) is 0 Å². The Morgan fingerprint density at radius 2 is 1.03 bits per heavy atom. The third kappa shape index (κ3) is 12.7. The summed E-state index contributed by atoms with van der Waals surface area (Å²) in [5.74, 6) is 0.286. The van der Waals surface area contributed by atoms with Crippen LogP contribution in [0.5, 0.6) is 0 Å². The van der Waals surface area contributed by atoms with Crippen molar-refractivity contribution in [3.8, 4) is 0 Å². The zero-order valence-electron chi connectivity index (χ0n) is 24.6. The summed E-state index contributed by atoms with van der Waals surface area (Å²) in [5, 5.41) is 0. The molecule has 0 bridgehead atoms. The maximum absolute atomic E-state index is 13.4. The SMILES string of the molecule is CCCCCCCCCCCCC(=O)N1C=CC=C(C)C1(C)C(=O)CCCCCCCCCCCC. The van der Waals surface area contributed by atoms with Gasteiger partial charge in [-0.2, -0.15) is 0 Å². The molecule has 208 valence electrons. The molecule has 1 unspecified atom stereocenters. The third-order valence-corrected chi connectivity index (χ3v) is 8.14. The molecule has 1 aliphatic heterocycles. The summed E-state index contributed by atoms with van der Waals surface area (Å²) in [5.41, 5.74) is 0.169. The predicted molar refractivity (Wildman–Crippen MR) is 156 cm³/mol. The maximum atomic E-state index is 13.4. The van der Waals surface area contributed by atoms with E-state index in [0.29, 0.717) is 12.8 Å². The number of carbonyl (C=O) groups is 2. The molecule has 1 rings (SSSR count). The van der Waals surface area contributed by atoms with Gasteiger partial charge in [-0.3, -0.25) is 9.59 Å². The van der Waals surface area contributed by atoms with Gasteiger partial charge in [0.05, 0.1) is 0 Å². The molecule has 1 aliphatic rings. The van der Waals surface area contributed by atoms with Crippen LogP contribution >= 0.6 is 0 Å². The van der Waals surface area contributed by atoms with E-state index in [1.165, 1.54) is 103 Å². The number of amides is 1. The molecule has 0 spiro atoms. The Bertz CT molecular complexity index is 650. The number of Topliss-reactive ketones (excluding diaryl/α,β-unsaturated/α-hetero) is 1. The molecule has 0 saturated heterocycles. The topological polar surface area (TPSA) is 37.4 Å². The van der Waals surface area contributed by atoms with Crippen molar-refractivity contribution >= 4 is 11.7 Å². The average Bonchev–Trinajstić information content (AvgIpc) is 2.87. The van der Waals surface area contributed by atoms with Gasteiger partial charge in [-0.25, -0.2) is 0 Å². The molecule has 3 heteroatoms. The maximum Gasteiger partial charge on any atom is 0.227 e. The second-order valence-electron chi connectivity index (χ2n) is 11.3. The molecule has 0 aliphatic carbocycles. The lowest BCUT2D eigenvalue weighted by molar-refractivity contribution is -0.140. The van der Waals surface area contributed by atoms with E-state index in [1.807, 2.05) is 32.2 Å². The van der Waals surface area contributed by atoms with Crippen molar-refractivity contribution in [3.63, 3.8) is 0 Å². The number of nitrogens with zero attached hydrogens (tertiary/aromatic N) is 1. The van der Waals surface area contributed by atoms with Crippen LogP contribution in [0.2, 0.25) is 0 Å². The second kappa shape index (κ2) is 20.7. The van der Waals surface area contributed by atoms with Crippen LogP contribution in [0.3, 0.4) is 0 Å². The van der Waals surface area contributed by atoms with E-state index in [-0.39, 0.29) is 11.7 Å². The Balaban J connectivity index is 2.31. The lowest BCUT2D eigenvalue weighted by atomic mass is 9.82. The molecular weight excluding hydrogens is 442 g/mol. The number of ketones is 1. The van der Waals surface area contributed by atoms with Crippen molar-refractivity contribution in [3.05, 3.63) is 23.9 Å². The summed E-state index contributed by atoms with van der Waals surface area (Å²) in [6.45, 7) is 8.48. The van der Waals surface area contributed by atoms with Crippen LogP contribution in [0.1, 0.15) is 169 Å². The van der Waals surface area contributed by atoms with Crippen LogP contribution in [-0.4, -0.2) is 22.1 Å². The number of hydrogen-bond acceptors (Lipinski definition) is 2. The van der Waals surface area contributed by atoms with Gasteiger partial charge in [0.1, 0.15) is 5.54 Å². The van der Waals surface area contributed by atoms with Gasteiger partial charge < -0.3 is 4.90 Å². The lowest BCUT2D eigenvalue weighted by Crippen LogP contribution is -2.54. The highest BCUT2D eigenvalue weighted by Crippen LogP contribution is 2.32. The van der Waals surface area contributed by atoms with Gasteiger partial charge in [0.15, 0.2) is 5.78 Å². The molecule has 0 aromatic heterocycles. The fourth-order valence-corrected chi connectivity index (χ4v) is 5.36. The normalized spacial score (nSPS) is 17.4. The molecule has 0 radical (unpaired) electrons. The smallest absolute Gasteiger partial charge is 0.227 e. The van der Waals surface area contributed by atoms with Gasteiger partial charge in [0, 0.05) is 19.0 Å². The molecule has 1 atom stereocenters. The van der Waals surface area contributed by atoms with Crippen molar-refractivity contribution < 1.29 is 9.59 Å². The Labute approximate surface area is 224 Å². The van der Waals surface area contributed by atoms with Gasteiger partial charge >= 0.3 is 0 Å². The molecule has 3 nitrogen and oxygen atoms in total. The summed E-state index contributed by atoms with van der Waals surface area (Å²) in [6.07, 6.45) is 32.1. The van der Waals surface area contributed by atoms with E-state index in [1.54, 1.807) is 4.90 Å². The lowest BCUT2D eigenvalue weighted by Gasteiger charge is -2.41. The molecule has 1 heterocycles. The van der Waals surface area contributed by atoms with E-state index >= 15 is 0 Å². The molecule has 0 fully saturated rings. The first kappa shape index (κ1) is 32.6. The van der Waals surface area contributed by atoms with Gasteiger partial charge in [-0.1, -0.05) is 135 Å². The van der Waals surface area contributed by atoms with E-state index in [9.17, 15) is 9.59 Å². The van der Waals surface area contributed by atoms with Crippen molar-refractivity contribution in [2.45, 2.75) is 174 Å². The summed E-state index contributed by atoms with van der Waals surface area (Å²) < 4.78 is 0. The molecule has 0 aromatic carbocycles. The molecule has 0 aromatic rings. The monoisotopic (exact) mass is 501 g/mol. The van der Waals surface area contributed by atoms with Crippen molar-refractivity contribution in [1.29, 1.82) is 0 Å². The Morgan fingerprint density at radius 3 is 1.47 bits per heavy atom. The summed E-state index contributed by atoms with van der Waals surface area (Å²) >= 11 is 0. The molecule has 36 heavy (non-hydrogen) atoms. The number of carbonyl (C=O) groups excluding carboxylic acids is 2. The highest BCUT2D eigenvalue weighted by molar-refractivity contribution is 5.96. The molecule has 0 N–H and O–H groups in total. The quantitative estimate of drug-likeness (QED) is 0.131. The summed E-state index contributed by atoms with van der Waals surface area (Å²) in [6, 6.07) is 0. The van der Waals surface area contributed by atoms with E-state index < -0.39 is 5.54 Å². The number of unbranched alkanes of at least 4 members (excludes halogenated alkanes) is 18. The van der Waals surface area contributed by atoms with Crippen LogP contribution in [0.25, 0.3) is 0 Å². The minimum atomic E-state index is -0.816. The number of rotatable bonds is 23. The van der Waals surface area contributed by atoms with Crippen LogP contribution in [0, 0.1) is 0 Å². The highest BCUT2D eigenvalue weighted by atomic mass is 16.2. The zero-order valence-corrected chi connectivity index (χ0v) is 24.6. The molecule has 0 saturated carbocycles. The van der Waals surface area contributed by atoms with Crippen LogP contribution < -0.4 is 0 Å². The summed E-state index contributed by atoms with van der Waals surface area (Å²) in [7, 11) is 0. The van der Waals surface area contributed by atoms with E-state index in [2.05, 4.69) is 13.8 Å². The van der Waals surface area contributed by atoms with Crippen molar-refractivity contribution in [2.24, 2.45) is 0 Å². The van der Waals surface area contributed by atoms with Crippen LogP contribution in [0.15, 0.2) is 23.9 Å². The summed E-state index contributed by atoms with van der Waals surface area (Å²) in [4.78, 5) is 28.2. The first-order valence-electron chi connectivity index (χ1n) is 15.7. The first-order valence-corrected chi connectivity index (χ1v) is 15.7. The van der Waals surface area contributed by atoms with Crippen LogP contribution in [-0.2, 0) is 9.59 Å². The second-order valence-corrected chi connectivity index (χ2v) is 11.3. The Hall–Kier alpha value is -1.38. The molecular formula is C33H59NO2. The van der Waals surface area contributed by atoms with E-state index in [4.69, 9.17) is 0 Å². The van der Waals surface area contributed by atoms with Gasteiger partial charge in [0.25, 0.3) is 0 Å². The fraction of sp³-hybridized carbons (Fsp3) is 0.818. The Kier molecular flexibility index (Phi) is 18.7. The zero-order chi connectivity index (χ0) is 26.5. The minimum Gasteiger partial charge on any atom is -0.302 e. The fourth-order valence-electron chi connectivity index (χ4n) is 5.36. The van der Waals surface area contributed by atoms with E-state index in [0.717, 1.165) is 31.3 Å². The number of hydrogen-bond donors (Lipinski definition) is 0. The largest absolute Gasteiger partial charge is 0.302 e. The van der Waals surface area contributed by atoms with Gasteiger partial charge in [0.2, 0.25) is 5.91 Å². The highest BCUT2D eigenvalue weighted by Gasteiger charge is 2.42.